The molecule has 3 aromatic rings. The Morgan fingerprint density at radius 1 is 1.16 bits per heavy atom. The molecule has 0 bridgehead atoms. The number of thiazole rings is 1. The lowest BCUT2D eigenvalue weighted by Gasteiger charge is -2.06. The number of anilines is 1. The summed E-state index contributed by atoms with van der Waals surface area (Å²) in [5, 5.41) is 6.59. The molecule has 2 aromatic carbocycles. The van der Waals surface area contributed by atoms with Gasteiger partial charge < -0.3 is 4.74 Å². The molecule has 0 saturated carbocycles. The van der Waals surface area contributed by atoms with Crippen LogP contribution in [0.25, 0.3) is 11.3 Å². The van der Waals surface area contributed by atoms with Gasteiger partial charge in [-0.25, -0.2) is 4.98 Å². The molecule has 0 fully saturated rings. The van der Waals surface area contributed by atoms with E-state index in [9.17, 15) is 8.78 Å². The zero-order chi connectivity index (χ0) is 17.6. The van der Waals surface area contributed by atoms with Crippen molar-refractivity contribution in [3.05, 3.63) is 65.0 Å². The summed E-state index contributed by atoms with van der Waals surface area (Å²) in [6.07, 6.45) is 1.42. The Morgan fingerprint density at radius 2 is 1.92 bits per heavy atom. The van der Waals surface area contributed by atoms with Crippen LogP contribution in [-0.4, -0.2) is 17.8 Å². The molecular formula is C18H15F2N3OS. The number of benzene rings is 2. The number of nitrogens with one attached hydrogen (secondary N) is 1. The highest BCUT2D eigenvalue weighted by atomic mass is 32.1. The van der Waals surface area contributed by atoms with Crippen LogP contribution >= 0.6 is 11.3 Å². The van der Waals surface area contributed by atoms with Crippen LogP contribution in [-0.2, 0) is 0 Å². The van der Waals surface area contributed by atoms with E-state index in [1.807, 2.05) is 36.6 Å². The lowest BCUT2D eigenvalue weighted by Crippen LogP contribution is -2.04. The van der Waals surface area contributed by atoms with E-state index in [0.29, 0.717) is 10.7 Å². The summed E-state index contributed by atoms with van der Waals surface area (Å²) in [7, 11) is 0. The predicted octanol–water partition coefficient (Wildman–Crippen LogP) is 5.17. The molecule has 1 N–H and O–H groups in total. The van der Waals surface area contributed by atoms with Crippen LogP contribution in [0.1, 0.15) is 11.1 Å². The molecule has 0 aliphatic carbocycles. The maximum Gasteiger partial charge on any atom is 0.387 e. The second-order valence-corrected chi connectivity index (χ2v) is 6.05. The van der Waals surface area contributed by atoms with E-state index in [2.05, 4.69) is 20.2 Å². The van der Waals surface area contributed by atoms with Gasteiger partial charge in [-0.05, 0) is 19.1 Å². The van der Waals surface area contributed by atoms with Gasteiger partial charge in [0.05, 0.1) is 11.9 Å². The average Bonchev–Trinajstić information content (AvgIpc) is 3.05. The van der Waals surface area contributed by atoms with E-state index < -0.39 is 6.61 Å². The van der Waals surface area contributed by atoms with Gasteiger partial charge in [-0.1, -0.05) is 42.0 Å². The van der Waals surface area contributed by atoms with E-state index in [1.165, 1.54) is 29.2 Å². The summed E-state index contributed by atoms with van der Waals surface area (Å²) < 4.78 is 29.2. The average molecular weight is 359 g/mol. The number of hydrazone groups is 1. The fourth-order valence-corrected chi connectivity index (χ4v) is 2.80. The van der Waals surface area contributed by atoms with Gasteiger partial charge in [0, 0.05) is 16.5 Å². The maximum atomic E-state index is 12.4. The molecule has 128 valence electrons. The number of hydrogen-bond acceptors (Lipinski definition) is 5. The van der Waals surface area contributed by atoms with E-state index in [4.69, 9.17) is 0 Å². The molecule has 1 aromatic heterocycles. The minimum atomic E-state index is -2.88. The highest BCUT2D eigenvalue weighted by Gasteiger charge is 2.07. The number of hydrogen-bond donors (Lipinski definition) is 1. The number of para-hydroxylation sites is 1. The summed E-state index contributed by atoms with van der Waals surface area (Å²) in [5.74, 6) is 0.0718. The predicted molar refractivity (Wildman–Crippen MR) is 96.6 cm³/mol. The van der Waals surface area contributed by atoms with Crippen LogP contribution in [0, 0.1) is 6.92 Å². The number of nitrogens with zero attached hydrogens (tertiary/aromatic N) is 2. The van der Waals surface area contributed by atoms with Crippen LogP contribution in [0.5, 0.6) is 5.75 Å². The normalized spacial score (nSPS) is 11.2. The Morgan fingerprint density at radius 3 is 2.68 bits per heavy atom. The summed E-state index contributed by atoms with van der Waals surface area (Å²) in [6.45, 7) is -0.846. The van der Waals surface area contributed by atoms with E-state index in [0.717, 1.165) is 11.3 Å². The zero-order valence-electron chi connectivity index (χ0n) is 13.3. The number of halogens is 2. The Kier molecular flexibility index (Phi) is 5.35. The number of rotatable bonds is 6. The molecule has 0 unspecified atom stereocenters. The van der Waals surface area contributed by atoms with E-state index >= 15 is 0 Å². The Labute approximate surface area is 147 Å². The number of ether oxygens (including phenoxy) is 1. The largest absolute Gasteiger partial charge is 0.434 e. The van der Waals surface area contributed by atoms with Crippen LogP contribution in [0.2, 0.25) is 0 Å². The lowest BCUT2D eigenvalue weighted by molar-refractivity contribution is -0.0499. The Bertz CT molecular complexity index is 863. The molecule has 25 heavy (non-hydrogen) atoms. The lowest BCUT2D eigenvalue weighted by atomic mass is 10.1. The fraction of sp³-hybridized carbons (Fsp3) is 0.111. The Hall–Kier alpha value is -2.80. The first-order valence-electron chi connectivity index (χ1n) is 7.47. The van der Waals surface area contributed by atoms with Gasteiger partial charge in [0.1, 0.15) is 5.75 Å². The molecule has 0 saturated heterocycles. The minimum Gasteiger partial charge on any atom is -0.434 e. The van der Waals surface area contributed by atoms with Crippen molar-refractivity contribution >= 4 is 22.7 Å². The Balaban J connectivity index is 1.68. The topological polar surface area (TPSA) is 46.5 Å². The highest BCUT2D eigenvalue weighted by Crippen LogP contribution is 2.25. The number of alkyl halides is 2. The van der Waals surface area contributed by atoms with Gasteiger partial charge in [0.2, 0.25) is 5.13 Å². The molecule has 0 amide bonds. The van der Waals surface area contributed by atoms with E-state index in [-0.39, 0.29) is 5.75 Å². The van der Waals surface area contributed by atoms with Crippen molar-refractivity contribution in [1.82, 2.24) is 4.98 Å². The number of aryl methyl sites for hydroxylation is 1. The van der Waals surface area contributed by atoms with Crippen molar-refractivity contribution in [2.24, 2.45) is 5.10 Å². The van der Waals surface area contributed by atoms with Crippen LogP contribution in [0.4, 0.5) is 13.9 Å². The number of aromatic nitrogens is 1. The molecule has 7 heteroatoms. The van der Waals surface area contributed by atoms with Gasteiger partial charge in [0.25, 0.3) is 0 Å². The van der Waals surface area contributed by atoms with Crippen molar-refractivity contribution in [3.8, 4) is 17.0 Å². The van der Waals surface area contributed by atoms with Gasteiger partial charge in [-0.15, -0.1) is 11.3 Å². The first kappa shape index (κ1) is 17.0. The van der Waals surface area contributed by atoms with Crippen LogP contribution in [0.15, 0.2) is 59.0 Å². The van der Waals surface area contributed by atoms with Crippen molar-refractivity contribution < 1.29 is 13.5 Å². The molecule has 0 aliphatic rings. The van der Waals surface area contributed by atoms with Crippen molar-refractivity contribution in [3.63, 3.8) is 0 Å². The third kappa shape index (κ3) is 4.60. The molecule has 0 aliphatic heterocycles. The van der Waals surface area contributed by atoms with Crippen molar-refractivity contribution in [2.75, 3.05) is 5.43 Å². The fourth-order valence-electron chi connectivity index (χ4n) is 2.13. The molecule has 4 nitrogen and oxygen atoms in total. The monoisotopic (exact) mass is 359 g/mol. The highest BCUT2D eigenvalue weighted by molar-refractivity contribution is 7.14. The smallest absolute Gasteiger partial charge is 0.387 e. The van der Waals surface area contributed by atoms with Crippen molar-refractivity contribution in [1.29, 1.82) is 0 Å². The first-order chi connectivity index (χ1) is 12.1. The zero-order valence-corrected chi connectivity index (χ0v) is 14.1. The summed E-state index contributed by atoms with van der Waals surface area (Å²) in [6, 6.07) is 14.5. The molecule has 1 heterocycles. The maximum absolute atomic E-state index is 12.4. The summed E-state index contributed by atoms with van der Waals surface area (Å²) in [5.41, 5.74) is 6.32. The first-order valence-corrected chi connectivity index (χ1v) is 8.35. The second-order valence-electron chi connectivity index (χ2n) is 5.19. The molecular weight excluding hydrogens is 344 g/mol. The third-order valence-corrected chi connectivity index (χ3v) is 4.10. The summed E-state index contributed by atoms with van der Waals surface area (Å²) in [4.78, 5) is 4.45. The molecule has 0 spiro atoms. The SMILES string of the molecule is Cc1ccc(-c2csc(N/N=C\c3ccccc3OC(F)F)n2)cc1. The standard InChI is InChI=1S/C18H15F2N3OS/c1-12-6-8-13(9-7-12)15-11-25-18(22-15)23-21-10-14-4-2-3-5-16(14)24-17(19)20/h2-11,17H,1H3,(H,22,23)/b21-10-. The van der Waals surface area contributed by atoms with Gasteiger partial charge in [0.15, 0.2) is 0 Å². The summed E-state index contributed by atoms with van der Waals surface area (Å²) >= 11 is 1.41. The van der Waals surface area contributed by atoms with Crippen molar-refractivity contribution in [2.45, 2.75) is 13.5 Å². The van der Waals surface area contributed by atoms with E-state index in [1.54, 1.807) is 18.2 Å². The quantitative estimate of drug-likeness (QED) is 0.488. The van der Waals surface area contributed by atoms with Gasteiger partial charge in [-0.2, -0.15) is 13.9 Å². The molecule has 0 atom stereocenters. The third-order valence-electron chi connectivity index (χ3n) is 3.35. The van der Waals surface area contributed by atoms with Crippen LogP contribution in [0.3, 0.4) is 0 Å². The second kappa shape index (κ2) is 7.85. The minimum absolute atomic E-state index is 0.0718. The molecule has 3 rings (SSSR count). The van der Waals surface area contributed by atoms with Gasteiger partial charge in [-0.3, -0.25) is 5.43 Å². The van der Waals surface area contributed by atoms with Crippen LogP contribution < -0.4 is 10.2 Å². The molecule has 0 radical (unpaired) electrons. The van der Waals surface area contributed by atoms with Gasteiger partial charge >= 0.3 is 6.61 Å².